The van der Waals surface area contributed by atoms with E-state index in [0.29, 0.717) is 17.7 Å². The van der Waals surface area contributed by atoms with E-state index in [1.54, 1.807) is 31.2 Å². The summed E-state index contributed by atoms with van der Waals surface area (Å²) in [6, 6.07) is 12.8. The first kappa shape index (κ1) is 18.6. The van der Waals surface area contributed by atoms with Crippen LogP contribution in [0, 0.1) is 5.82 Å². The number of nitrogens with one attached hydrogen (secondary N) is 1. The minimum Gasteiger partial charge on any atom is -0.469 e. The minimum absolute atomic E-state index is 0.0177. The van der Waals surface area contributed by atoms with Gasteiger partial charge < -0.3 is 10.1 Å². The summed E-state index contributed by atoms with van der Waals surface area (Å²) in [7, 11) is 1.38. The summed E-state index contributed by atoms with van der Waals surface area (Å²) in [6.45, 7) is 1.76. The smallest absolute Gasteiger partial charge is 0.305 e. The van der Waals surface area contributed by atoms with Gasteiger partial charge in [0.2, 0.25) is 0 Å². The third-order valence-corrected chi connectivity index (χ3v) is 3.02. The van der Waals surface area contributed by atoms with Crippen molar-refractivity contribution in [2.45, 2.75) is 13.3 Å². The van der Waals surface area contributed by atoms with Crippen molar-refractivity contribution in [3.8, 4) is 0 Å². The standard InChI is InChI=1S/C13H9ClFNO.C4H8O2/c14-11-8-10(6-7-12(11)15)16-13(17)9-4-2-1-3-5-9;1-3-4(5)6-2/h1-8H,(H,16,17);3H2,1-2H3. The topological polar surface area (TPSA) is 55.4 Å². The van der Waals surface area contributed by atoms with Crippen LogP contribution < -0.4 is 5.32 Å². The number of hydrogen-bond donors (Lipinski definition) is 1. The van der Waals surface area contributed by atoms with Gasteiger partial charge in [-0.2, -0.15) is 0 Å². The number of amides is 1. The normalized spacial score (nSPS) is 9.39. The number of carbonyl (C=O) groups excluding carboxylic acids is 2. The van der Waals surface area contributed by atoms with Crippen LogP contribution in [0.5, 0.6) is 0 Å². The van der Waals surface area contributed by atoms with Crippen LogP contribution in [0.15, 0.2) is 48.5 Å². The van der Waals surface area contributed by atoms with Gasteiger partial charge in [0, 0.05) is 17.7 Å². The first-order chi connectivity index (χ1) is 11.0. The molecule has 0 saturated heterocycles. The second-order valence-corrected chi connectivity index (χ2v) is 4.79. The van der Waals surface area contributed by atoms with Gasteiger partial charge in [-0.15, -0.1) is 0 Å². The van der Waals surface area contributed by atoms with Crippen LogP contribution in [0.2, 0.25) is 5.02 Å². The lowest BCUT2D eigenvalue weighted by Gasteiger charge is -2.05. The summed E-state index contributed by atoms with van der Waals surface area (Å²) in [5.74, 6) is -0.923. The van der Waals surface area contributed by atoms with Gasteiger partial charge in [0.25, 0.3) is 5.91 Å². The van der Waals surface area contributed by atoms with Crippen molar-refractivity contribution in [3.63, 3.8) is 0 Å². The fourth-order valence-corrected chi connectivity index (χ4v) is 1.69. The molecule has 0 atom stereocenters. The Hall–Kier alpha value is -2.40. The molecule has 0 saturated carbocycles. The number of halogens is 2. The molecule has 4 nitrogen and oxygen atoms in total. The van der Waals surface area contributed by atoms with E-state index >= 15 is 0 Å². The summed E-state index contributed by atoms with van der Waals surface area (Å²) >= 11 is 5.62. The number of benzene rings is 2. The molecular formula is C17H17ClFNO3. The number of hydrogen-bond acceptors (Lipinski definition) is 3. The number of methoxy groups -OCH3 is 1. The lowest BCUT2D eigenvalue weighted by atomic mass is 10.2. The van der Waals surface area contributed by atoms with Crippen LogP contribution in [0.1, 0.15) is 23.7 Å². The Morgan fingerprint density at radius 3 is 2.30 bits per heavy atom. The first-order valence-electron chi connectivity index (χ1n) is 6.86. The van der Waals surface area contributed by atoms with Gasteiger partial charge in [0.1, 0.15) is 5.82 Å². The highest BCUT2D eigenvalue weighted by Gasteiger charge is 2.06. The Morgan fingerprint density at radius 1 is 1.17 bits per heavy atom. The molecule has 2 rings (SSSR count). The number of anilines is 1. The van der Waals surface area contributed by atoms with Gasteiger partial charge in [-0.25, -0.2) is 4.39 Å². The molecule has 0 aliphatic rings. The minimum atomic E-state index is -0.510. The van der Waals surface area contributed by atoms with Crippen molar-refractivity contribution >= 4 is 29.2 Å². The zero-order chi connectivity index (χ0) is 17.2. The van der Waals surface area contributed by atoms with E-state index in [1.807, 2.05) is 6.07 Å². The molecule has 23 heavy (non-hydrogen) atoms. The Morgan fingerprint density at radius 2 is 1.83 bits per heavy atom. The highest BCUT2D eigenvalue weighted by Crippen LogP contribution is 2.19. The Labute approximate surface area is 139 Å². The molecule has 122 valence electrons. The highest BCUT2D eigenvalue weighted by molar-refractivity contribution is 6.31. The zero-order valence-electron chi connectivity index (χ0n) is 12.8. The van der Waals surface area contributed by atoms with E-state index in [4.69, 9.17) is 11.6 Å². The highest BCUT2D eigenvalue weighted by atomic mass is 35.5. The molecule has 0 aliphatic carbocycles. The lowest BCUT2D eigenvalue weighted by Crippen LogP contribution is -2.11. The van der Waals surface area contributed by atoms with Crippen LogP contribution in [-0.2, 0) is 9.53 Å². The van der Waals surface area contributed by atoms with Crippen LogP contribution in [-0.4, -0.2) is 19.0 Å². The fraction of sp³-hybridized carbons (Fsp3) is 0.176. The Bertz CT molecular complexity index is 656. The van der Waals surface area contributed by atoms with Crippen LogP contribution in [0.3, 0.4) is 0 Å². The van der Waals surface area contributed by atoms with E-state index in [9.17, 15) is 14.0 Å². The van der Waals surface area contributed by atoms with Crippen molar-refractivity contribution in [1.29, 1.82) is 0 Å². The molecule has 0 bridgehead atoms. The van der Waals surface area contributed by atoms with E-state index in [2.05, 4.69) is 10.1 Å². The quantitative estimate of drug-likeness (QED) is 0.849. The molecule has 0 aromatic heterocycles. The third-order valence-electron chi connectivity index (χ3n) is 2.73. The molecule has 1 N–H and O–H groups in total. The summed E-state index contributed by atoms with van der Waals surface area (Å²) < 4.78 is 17.2. The first-order valence-corrected chi connectivity index (χ1v) is 7.24. The Kier molecular flexibility index (Phi) is 7.77. The maximum Gasteiger partial charge on any atom is 0.305 e. The average molecular weight is 338 g/mol. The number of carbonyl (C=O) groups is 2. The van der Waals surface area contributed by atoms with Crippen molar-refractivity contribution < 1.29 is 18.7 Å². The molecule has 6 heteroatoms. The monoisotopic (exact) mass is 337 g/mol. The molecule has 2 aromatic carbocycles. The molecule has 0 heterocycles. The summed E-state index contributed by atoms with van der Waals surface area (Å²) in [5, 5.41) is 2.62. The molecule has 1 amide bonds. The molecule has 2 aromatic rings. The largest absolute Gasteiger partial charge is 0.469 e. The number of esters is 1. The fourth-order valence-electron chi connectivity index (χ4n) is 1.51. The zero-order valence-corrected chi connectivity index (χ0v) is 13.6. The van der Waals surface area contributed by atoms with Crippen molar-refractivity contribution in [3.05, 3.63) is 64.9 Å². The molecule has 0 radical (unpaired) electrons. The van der Waals surface area contributed by atoms with Crippen molar-refractivity contribution in [2.75, 3.05) is 12.4 Å². The van der Waals surface area contributed by atoms with E-state index in [-0.39, 0.29) is 16.9 Å². The number of rotatable bonds is 3. The van der Waals surface area contributed by atoms with Gasteiger partial charge in [0.15, 0.2) is 0 Å². The van der Waals surface area contributed by atoms with Crippen LogP contribution >= 0.6 is 11.6 Å². The molecule has 0 spiro atoms. The van der Waals surface area contributed by atoms with Gasteiger partial charge in [-0.3, -0.25) is 9.59 Å². The lowest BCUT2D eigenvalue weighted by molar-refractivity contribution is -0.140. The predicted molar refractivity (Wildman–Crippen MR) is 88.1 cm³/mol. The maximum atomic E-state index is 12.9. The van der Waals surface area contributed by atoms with Crippen LogP contribution in [0.4, 0.5) is 10.1 Å². The maximum absolute atomic E-state index is 12.9. The van der Waals surface area contributed by atoms with E-state index in [0.717, 1.165) is 0 Å². The molecule has 0 fully saturated rings. The number of ether oxygens (including phenoxy) is 1. The summed E-state index contributed by atoms with van der Waals surface area (Å²) in [6.07, 6.45) is 0.469. The van der Waals surface area contributed by atoms with Crippen molar-refractivity contribution in [1.82, 2.24) is 0 Å². The summed E-state index contributed by atoms with van der Waals surface area (Å²) in [4.78, 5) is 21.7. The second kappa shape index (κ2) is 9.58. The molecule has 0 unspecified atom stereocenters. The molecule has 0 aliphatic heterocycles. The average Bonchev–Trinajstić information content (AvgIpc) is 2.58. The van der Waals surface area contributed by atoms with Gasteiger partial charge in [-0.05, 0) is 30.3 Å². The SMILES string of the molecule is CCC(=O)OC.O=C(Nc1ccc(F)c(Cl)c1)c1ccccc1. The van der Waals surface area contributed by atoms with Gasteiger partial charge in [0.05, 0.1) is 12.1 Å². The second-order valence-electron chi connectivity index (χ2n) is 4.38. The summed E-state index contributed by atoms with van der Waals surface area (Å²) in [5.41, 5.74) is 0.998. The third kappa shape index (κ3) is 6.48. The van der Waals surface area contributed by atoms with E-state index < -0.39 is 5.82 Å². The predicted octanol–water partition coefficient (Wildman–Crippen LogP) is 4.30. The van der Waals surface area contributed by atoms with E-state index in [1.165, 1.54) is 25.3 Å². The molecular weight excluding hydrogens is 321 g/mol. The van der Waals surface area contributed by atoms with Gasteiger partial charge in [-0.1, -0.05) is 36.7 Å². The Balaban J connectivity index is 0.000000379. The van der Waals surface area contributed by atoms with Crippen LogP contribution in [0.25, 0.3) is 0 Å². The van der Waals surface area contributed by atoms with Gasteiger partial charge >= 0.3 is 5.97 Å². The van der Waals surface area contributed by atoms with Crippen molar-refractivity contribution in [2.24, 2.45) is 0 Å².